The normalized spacial score (nSPS) is 11.1. The molecule has 0 saturated carbocycles. The van der Waals surface area contributed by atoms with Gasteiger partial charge in [0.25, 0.3) is 5.56 Å². The van der Waals surface area contributed by atoms with Gasteiger partial charge in [-0.25, -0.2) is 4.98 Å². The van der Waals surface area contributed by atoms with Crippen LogP contribution in [0, 0.1) is 13.8 Å². The van der Waals surface area contributed by atoms with E-state index in [1.165, 1.54) is 0 Å². The SMILES string of the molecule is Cc1cccc(C)c1NN(CCc1nc2ccccc2c(=O)n1-c1ccc2ccccc2c1)C(=O)Cc1ccccc1. The van der Waals surface area contributed by atoms with Crippen molar-refractivity contribution in [1.29, 1.82) is 0 Å². The van der Waals surface area contributed by atoms with Crippen LogP contribution in [-0.4, -0.2) is 27.0 Å². The van der Waals surface area contributed by atoms with Gasteiger partial charge >= 0.3 is 0 Å². The Balaban J connectivity index is 1.40. The number of carbonyl (C=O) groups excluding carboxylic acids is 1. The lowest BCUT2D eigenvalue weighted by atomic mass is 10.1. The van der Waals surface area contributed by atoms with E-state index in [1.54, 1.807) is 9.58 Å². The Morgan fingerprint density at radius 1 is 0.786 bits per heavy atom. The number of hydrazine groups is 1. The molecule has 1 N–H and O–H groups in total. The average molecular weight is 553 g/mol. The van der Waals surface area contributed by atoms with E-state index in [1.807, 2.05) is 123 Å². The van der Waals surface area contributed by atoms with Crippen LogP contribution in [0.25, 0.3) is 27.4 Å². The van der Waals surface area contributed by atoms with Gasteiger partial charge in [0.15, 0.2) is 0 Å². The van der Waals surface area contributed by atoms with E-state index < -0.39 is 0 Å². The summed E-state index contributed by atoms with van der Waals surface area (Å²) < 4.78 is 1.69. The minimum absolute atomic E-state index is 0.0655. The third kappa shape index (κ3) is 5.52. The fourth-order valence-corrected chi connectivity index (χ4v) is 5.37. The first-order chi connectivity index (χ1) is 20.5. The van der Waals surface area contributed by atoms with Crippen LogP contribution in [0.5, 0.6) is 0 Å². The van der Waals surface area contributed by atoms with Crippen LogP contribution >= 0.6 is 0 Å². The van der Waals surface area contributed by atoms with Crippen molar-refractivity contribution in [2.75, 3.05) is 12.0 Å². The predicted octanol–water partition coefficient (Wildman–Crippen LogP) is 6.80. The lowest BCUT2D eigenvalue weighted by molar-refractivity contribution is -0.129. The summed E-state index contributed by atoms with van der Waals surface area (Å²) in [7, 11) is 0. The summed E-state index contributed by atoms with van der Waals surface area (Å²) in [6.45, 7) is 4.37. The summed E-state index contributed by atoms with van der Waals surface area (Å²) in [5.74, 6) is 0.527. The van der Waals surface area contributed by atoms with Crippen LogP contribution in [0.2, 0.25) is 0 Å². The summed E-state index contributed by atoms with van der Waals surface area (Å²) >= 11 is 0. The number of hydrogen-bond acceptors (Lipinski definition) is 4. The number of nitrogens with one attached hydrogen (secondary N) is 1. The summed E-state index contributed by atoms with van der Waals surface area (Å²) in [5.41, 5.74) is 8.60. The van der Waals surface area contributed by atoms with Gasteiger partial charge in [-0.2, -0.15) is 0 Å². The molecular weight excluding hydrogens is 520 g/mol. The second-order valence-electron chi connectivity index (χ2n) is 10.6. The molecule has 1 amide bonds. The molecule has 0 saturated heterocycles. The first-order valence-electron chi connectivity index (χ1n) is 14.1. The summed E-state index contributed by atoms with van der Waals surface area (Å²) in [6, 6.07) is 37.3. The van der Waals surface area contributed by atoms with Crippen molar-refractivity contribution < 1.29 is 4.79 Å². The van der Waals surface area contributed by atoms with Gasteiger partial charge in [0, 0.05) is 13.0 Å². The molecule has 0 aliphatic rings. The number of nitrogens with zero attached hydrogens (tertiary/aromatic N) is 3. The van der Waals surface area contributed by atoms with Gasteiger partial charge in [0.05, 0.1) is 28.7 Å². The molecule has 208 valence electrons. The van der Waals surface area contributed by atoms with Crippen LogP contribution in [-0.2, 0) is 17.6 Å². The Labute approximate surface area is 244 Å². The maximum atomic E-state index is 13.9. The number of rotatable bonds is 8. The lowest BCUT2D eigenvalue weighted by Gasteiger charge is -2.27. The molecule has 0 aliphatic heterocycles. The number of aromatic nitrogens is 2. The fourth-order valence-electron chi connectivity index (χ4n) is 5.37. The Hall–Kier alpha value is -5.23. The fraction of sp³-hybridized carbons (Fsp3) is 0.139. The van der Waals surface area contributed by atoms with Crippen LogP contribution in [0.15, 0.2) is 120 Å². The standard InChI is InChI=1S/C36H32N4O2/c1-25-11-10-12-26(2)35(25)38-39(34(41)23-27-13-4-3-5-14-27)22-21-33-37-32-18-9-8-17-31(32)36(42)40(33)30-20-19-28-15-6-7-16-29(28)24-30/h3-20,24,38H,21-23H2,1-2H3. The number of carbonyl (C=O) groups is 1. The van der Waals surface area contributed by atoms with E-state index in [9.17, 15) is 9.59 Å². The number of hydrogen-bond donors (Lipinski definition) is 1. The highest BCUT2D eigenvalue weighted by Gasteiger charge is 2.19. The average Bonchev–Trinajstić information content (AvgIpc) is 3.01. The highest BCUT2D eigenvalue weighted by atomic mass is 16.2. The van der Waals surface area contributed by atoms with Crippen LogP contribution in [0.4, 0.5) is 5.69 Å². The minimum atomic E-state index is -0.129. The van der Waals surface area contributed by atoms with Crippen molar-refractivity contribution in [3.63, 3.8) is 0 Å². The third-order valence-electron chi connectivity index (χ3n) is 7.62. The molecule has 6 nitrogen and oxygen atoms in total. The van der Waals surface area contributed by atoms with E-state index in [-0.39, 0.29) is 17.9 Å². The lowest BCUT2D eigenvalue weighted by Crippen LogP contribution is -2.40. The van der Waals surface area contributed by atoms with Gasteiger partial charge in [-0.1, -0.05) is 91.0 Å². The van der Waals surface area contributed by atoms with E-state index in [2.05, 4.69) is 11.5 Å². The zero-order valence-corrected chi connectivity index (χ0v) is 23.7. The first kappa shape index (κ1) is 27.0. The molecule has 6 aromatic rings. The van der Waals surface area contributed by atoms with Crippen molar-refractivity contribution in [3.05, 3.63) is 148 Å². The third-order valence-corrected chi connectivity index (χ3v) is 7.62. The zero-order chi connectivity index (χ0) is 29.1. The maximum Gasteiger partial charge on any atom is 0.265 e. The maximum absolute atomic E-state index is 13.9. The van der Waals surface area contributed by atoms with Gasteiger partial charge in [0.2, 0.25) is 5.91 Å². The van der Waals surface area contributed by atoms with Gasteiger partial charge in [-0.3, -0.25) is 24.6 Å². The highest BCUT2D eigenvalue weighted by molar-refractivity contribution is 5.85. The van der Waals surface area contributed by atoms with Gasteiger partial charge < -0.3 is 0 Å². The number of amides is 1. The molecule has 0 fully saturated rings. The van der Waals surface area contributed by atoms with E-state index in [4.69, 9.17) is 4.98 Å². The molecule has 1 heterocycles. The molecule has 6 rings (SSSR count). The van der Waals surface area contributed by atoms with Crippen molar-refractivity contribution in [3.8, 4) is 5.69 Å². The molecular formula is C36H32N4O2. The van der Waals surface area contributed by atoms with Gasteiger partial charge in [-0.15, -0.1) is 0 Å². The Morgan fingerprint density at radius 3 is 2.26 bits per heavy atom. The van der Waals surface area contributed by atoms with Crippen LogP contribution in [0.1, 0.15) is 22.5 Å². The Bertz CT molecular complexity index is 1940. The summed E-state index contributed by atoms with van der Waals surface area (Å²) in [5, 5.41) is 4.35. The topological polar surface area (TPSA) is 67.2 Å². The van der Waals surface area contributed by atoms with Gasteiger partial charge in [-0.05, 0) is 65.6 Å². The van der Waals surface area contributed by atoms with Crippen molar-refractivity contribution in [1.82, 2.24) is 14.6 Å². The molecule has 0 spiro atoms. The van der Waals surface area contributed by atoms with Crippen LogP contribution < -0.4 is 11.0 Å². The van der Waals surface area contributed by atoms with Gasteiger partial charge in [0.1, 0.15) is 5.82 Å². The van der Waals surface area contributed by atoms with Crippen molar-refractivity contribution >= 4 is 33.3 Å². The second-order valence-corrected chi connectivity index (χ2v) is 10.6. The summed E-state index contributed by atoms with van der Waals surface area (Å²) in [4.78, 5) is 32.6. The Kier molecular flexibility index (Phi) is 7.52. The monoisotopic (exact) mass is 552 g/mol. The van der Waals surface area contributed by atoms with E-state index in [0.29, 0.717) is 29.7 Å². The molecule has 0 aliphatic carbocycles. The smallest absolute Gasteiger partial charge is 0.265 e. The van der Waals surface area contributed by atoms with E-state index >= 15 is 0 Å². The largest absolute Gasteiger partial charge is 0.296 e. The molecule has 42 heavy (non-hydrogen) atoms. The zero-order valence-electron chi connectivity index (χ0n) is 23.7. The number of fused-ring (bicyclic) bond motifs is 2. The Morgan fingerprint density at radius 2 is 1.48 bits per heavy atom. The van der Waals surface area contributed by atoms with Crippen molar-refractivity contribution in [2.24, 2.45) is 0 Å². The second kappa shape index (κ2) is 11.7. The first-order valence-corrected chi connectivity index (χ1v) is 14.1. The molecule has 5 aromatic carbocycles. The molecule has 6 heteroatoms. The quantitative estimate of drug-likeness (QED) is 0.211. The van der Waals surface area contributed by atoms with Crippen molar-refractivity contribution in [2.45, 2.75) is 26.7 Å². The number of benzene rings is 5. The molecule has 0 radical (unpaired) electrons. The number of aryl methyl sites for hydroxylation is 2. The number of anilines is 1. The summed E-state index contributed by atoms with van der Waals surface area (Å²) in [6.07, 6.45) is 0.618. The highest BCUT2D eigenvalue weighted by Crippen LogP contribution is 2.22. The molecule has 1 aromatic heterocycles. The minimum Gasteiger partial charge on any atom is -0.296 e. The molecule has 0 unspecified atom stereocenters. The molecule has 0 atom stereocenters. The predicted molar refractivity (Wildman–Crippen MR) is 170 cm³/mol. The molecule has 0 bridgehead atoms. The van der Waals surface area contributed by atoms with E-state index in [0.717, 1.165) is 38.8 Å². The number of para-hydroxylation sites is 2. The van der Waals surface area contributed by atoms with Crippen LogP contribution in [0.3, 0.4) is 0 Å².